The Morgan fingerprint density at radius 3 is 2.03 bits per heavy atom. The lowest BCUT2D eigenvalue weighted by atomic mass is 10.3. The third-order valence-electron chi connectivity index (χ3n) is 4.61. The highest BCUT2D eigenvalue weighted by Gasteiger charge is 2.20. The van der Waals surface area contributed by atoms with E-state index in [0.29, 0.717) is 15.8 Å². The highest BCUT2D eigenvalue weighted by atomic mass is 35.5. The van der Waals surface area contributed by atoms with Gasteiger partial charge in [-0.25, -0.2) is 0 Å². The van der Waals surface area contributed by atoms with E-state index in [1.54, 1.807) is 42.5 Å². The molecule has 0 atom stereocenters. The molecule has 3 aromatic carbocycles. The first-order valence-corrected chi connectivity index (χ1v) is 14.9. The number of ether oxygens (including phenoxy) is 2. The lowest BCUT2D eigenvalue weighted by Gasteiger charge is -2.12. The molecule has 0 amide bonds. The third-order valence-corrected chi connectivity index (χ3v) is 8.10. The molecule has 200 valence electrons. The van der Waals surface area contributed by atoms with Crippen molar-refractivity contribution in [2.45, 2.75) is 21.6 Å². The van der Waals surface area contributed by atoms with Gasteiger partial charge in [0.25, 0.3) is 20.2 Å². The number of hydrogen-bond donors (Lipinski definition) is 2. The van der Waals surface area contributed by atoms with Crippen molar-refractivity contribution in [1.82, 2.24) is 0 Å². The summed E-state index contributed by atoms with van der Waals surface area (Å²) in [5, 5.41) is 1.11. The topological polar surface area (TPSA) is 127 Å². The van der Waals surface area contributed by atoms with Crippen LogP contribution in [0.25, 0.3) is 0 Å². The van der Waals surface area contributed by atoms with Crippen LogP contribution in [0.5, 0.6) is 11.5 Å². The van der Waals surface area contributed by atoms with Crippen molar-refractivity contribution >= 4 is 55.2 Å². The Balaban J connectivity index is 1.82. The van der Waals surface area contributed by atoms with E-state index >= 15 is 0 Å². The van der Waals surface area contributed by atoms with Crippen LogP contribution in [0.1, 0.15) is 6.92 Å². The summed E-state index contributed by atoms with van der Waals surface area (Å²) in [7, 11) is -9.22. The van der Waals surface area contributed by atoms with Gasteiger partial charge < -0.3 is 9.47 Å². The molecular formula is C25H20Cl2O8S3. The number of hydrogen-bond acceptors (Lipinski definition) is 7. The maximum absolute atomic E-state index is 12.1. The van der Waals surface area contributed by atoms with E-state index in [1.165, 1.54) is 30.8 Å². The summed E-state index contributed by atoms with van der Waals surface area (Å²) in [4.78, 5) is 0.597. The molecule has 3 rings (SSSR count). The van der Waals surface area contributed by atoms with Crippen molar-refractivity contribution in [2.75, 3.05) is 0 Å². The Hall–Kier alpha value is -2.77. The van der Waals surface area contributed by atoms with Crippen LogP contribution < -0.4 is 9.47 Å². The van der Waals surface area contributed by atoms with E-state index < -0.39 is 25.1 Å². The van der Waals surface area contributed by atoms with Gasteiger partial charge in [0, 0.05) is 20.9 Å². The maximum Gasteiger partial charge on any atom is 0.298 e. The van der Waals surface area contributed by atoms with Crippen molar-refractivity contribution in [1.29, 1.82) is 0 Å². The summed E-state index contributed by atoms with van der Waals surface area (Å²) < 4.78 is 76.7. The second-order valence-electron chi connectivity index (χ2n) is 7.46. The fourth-order valence-corrected chi connectivity index (χ4v) is 5.45. The molecular weight excluding hydrogens is 595 g/mol. The molecule has 0 bridgehead atoms. The van der Waals surface area contributed by atoms with Crippen molar-refractivity contribution in [3.8, 4) is 11.5 Å². The Bertz CT molecular complexity index is 1610. The van der Waals surface area contributed by atoms with Gasteiger partial charge in [-0.15, -0.1) is 0 Å². The lowest BCUT2D eigenvalue weighted by molar-refractivity contribution is 0.421. The predicted molar refractivity (Wildman–Crippen MR) is 147 cm³/mol. The summed E-state index contributed by atoms with van der Waals surface area (Å²) in [5.74, 6) is 0.158. The van der Waals surface area contributed by atoms with Gasteiger partial charge in [0.05, 0.1) is 9.92 Å². The first-order valence-electron chi connectivity index (χ1n) is 10.4. The summed E-state index contributed by atoms with van der Waals surface area (Å²) in [6.07, 6.45) is 2.10. The number of allylic oxidation sites excluding steroid dienone is 3. The summed E-state index contributed by atoms with van der Waals surface area (Å²) >= 11 is 13.6. The fourth-order valence-electron chi connectivity index (χ4n) is 2.93. The lowest BCUT2D eigenvalue weighted by Crippen LogP contribution is -2.08. The van der Waals surface area contributed by atoms with Crippen molar-refractivity contribution in [3.05, 3.63) is 112 Å². The standard InChI is InChI=1S/C25H20Cl2O8S3/c1-3-23(35-19-7-11-21(12-8-19)37(28,29)30)25(38(31,32)33)14-16(2)34-18-5-9-20(10-6-18)36-24-15-17(26)4-13-22(24)27/h3-15H,1H2,2H3,(H,28,29,30)(H,31,32,33)/b16-14+,25-23-. The van der Waals surface area contributed by atoms with Gasteiger partial charge in [0.15, 0.2) is 0 Å². The smallest absolute Gasteiger partial charge is 0.298 e. The van der Waals surface area contributed by atoms with E-state index in [-0.39, 0.29) is 22.2 Å². The first kappa shape index (κ1) is 29.8. The summed E-state index contributed by atoms with van der Waals surface area (Å²) in [6, 6.07) is 16.5. The average molecular weight is 616 g/mol. The largest absolute Gasteiger partial charge is 0.462 e. The molecule has 0 saturated carbocycles. The van der Waals surface area contributed by atoms with Crippen LogP contribution in [0, 0.1) is 0 Å². The van der Waals surface area contributed by atoms with Crippen LogP contribution in [0.4, 0.5) is 0 Å². The Morgan fingerprint density at radius 2 is 1.47 bits per heavy atom. The molecule has 0 aliphatic rings. The van der Waals surface area contributed by atoms with Gasteiger partial charge in [0.2, 0.25) is 0 Å². The van der Waals surface area contributed by atoms with Crippen molar-refractivity contribution in [3.63, 3.8) is 0 Å². The molecule has 8 nitrogen and oxygen atoms in total. The quantitative estimate of drug-likeness (QED) is 0.140. The minimum absolute atomic E-state index is 0.0216. The zero-order valence-corrected chi connectivity index (χ0v) is 23.5. The van der Waals surface area contributed by atoms with Crippen LogP contribution in [0.15, 0.2) is 117 Å². The molecule has 0 spiro atoms. The van der Waals surface area contributed by atoms with Crippen LogP contribution >= 0.6 is 35.0 Å². The molecule has 0 heterocycles. The van der Waals surface area contributed by atoms with Crippen LogP contribution in [0.3, 0.4) is 0 Å². The molecule has 0 aliphatic heterocycles. The highest BCUT2D eigenvalue weighted by Crippen LogP contribution is 2.36. The molecule has 0 fully saturated rings. The van der Waals surface area contributed by atoms with E-state index in [0.717, 1.165) is 34.1 Å². The van der Waals surface area contributed by atoms with Crippen LogP contribution in [-0.2, 0) is 20.2 Å². The zero-order valence-electron chi connectivity index (χ0n) is 19.5. The highest BCUT2D eigenvalue weighted by molar-refractivity contribution is 7.99. The van der Waals surface area contributed by atoms with Crippen LogP contribution in [0.2, 0.25) is 10.0 Å². The molecule has 0 aliphatic carbocycles. The van der Waals surface area contributed by atoms with Gasteiger partial charge in [-0.05, 0) is 79.7 Å². The number of rotatable bonds is 10. The summed E-state index contributed by atoms with van der Waals surface area (Å²) in [5.41, 5.74) is 0. The SMILES string of the molecule is C=C/C(Oc1ccc(S(=O)(=O)O)cc1)=C(\C=C(/C)Oc1ccc(Sc2cc(Cl)ccc2Cl)cc1)S(=O)(=O)O. The second-order valence-corrected chi connectivity index (χ2v) is 12.2. The fraction of sp³-hybridized carbons (Fsp3) is 0.0400. The van der Waals surface area contributed by atoms with Gasteiger partial charge in [-0.2, -0.15) is 16.8 Å². The number of halogens is 2. The normalized spacial score (nSPS) is 13.0. The predicted octanol–water partition coefficient (Wildman–Crippen LogP) is 7.04. The van der Waals surface area contributed by atoms with Crippen molar-refractivity contribution < 1.29 is 35.4 Å². The Kier molecular flexibility index (Phi) is 9.71. The van der Waals surface area contributed by atoms with Gasteiger partial charge in [-0.3, -0.25) is 9.11 Å². The maximum atomic E-state index is 12.1. The Morgan fingerprint density at radius 1 is 0.895 bits per heavy atom. The molecule has 0 radical (unpaired) electrons. The van der Waals surface area contributed by atoms with Gasteiger partial charge >= 0.3 is 0 Å². The van der Waals surface area contributed by atoms with E-state index in [9.17, 15) is 21.4 Å². The number of benzene rings is 3. The molecule has 38 heavy (non-hydrogen) atoms. The minimum Gasteiger partial charge on any atom is -0.462 e. The van der Waals surface area contributed by atoms with Gasteiger partial charge in [0.1, 0.15) is 27.9 Å². The van der Waals surface area contributed by atoms with E-state index in [1.807, 2.05) is 0 Å². The third kappa shape index (κ3) is 8.37. The van der Waals surface area contributed by atoms with Gasteiger partial charge in [-0.1, -0.05) is 41.5 Å². The molecule has 0 aromatic heterocycles. The van der Waals surface area contributed by atoms with E-state index in [4.69, 9.17) is 37.2 Å². The Labute approximate surface area is 234 Å². The second kappa shape index (κ2) is 12.4. The molecule has 0 saturated heterocycles. The van der Waals surface area contributed by atoms with E-state index in [2.05, 4.69) is 6.58 Å². The summed E-state index contributed by atoms with van der Waals surface area (Å²) in [6.45, 7) is 4.98. The average Bonchev–Trinajstić information content (AvgIpc) is 2.84. The van der Waals surface area contributed by atoms with Crippen LogP contribution in [-0.4, -0.2) is 25.9 Å². The molecule has 0 unspecified atom stereocenters. The first-order chi connectivity index (χ1) is 17.8. The molecule has 13 heteroatoms. The minimum atomic E-state index is -4.80. The monoisotopic (exact) mass is 614 g/mol. The molecule has 3 aromatic rings. The molecule has 2 N–H and O–H groups in total. The zero-order chi connectivity index (χ0) is 28.1. The van der Waals surface area contributed by atoms with Crippen molar-refractivity contribution in [2.24, 2.45) is 0 Å².